The summed E-state index contributed by atoms with van der Waals surface area (Å²) < 4.78 is 50.3. The fourth-order valence-electron chi connectivity index (χ4n) is 7.50. The SMILES string of the molecule is CC(C)N(C)[C@@H]1CCN([C@H]2CCCC(F)(F)[C@@H]2NC(=O)N2CCC(C)(c3noc([C@@H]4C[C@@H]4F)n3)C(c3ccccc3)C2)C1. The molecule has 6 rings (SSSR count). The zero-order valence-electron chi connectivity index (χ0n) is 25.7. The van der Waals surface area contributed by atoms with Gasteiger partial charge in [-0.05, 0) is 58.6 Å². The standard InChI is InChI=1S/C32H45F3N6O2/c1-20(2)39(4)22-12-15-40(18-22)26-11-8-13-32(34,35)27(26)36-30(42)41-16-14-31(3,24(19-41)21-9-6-5-7-10-21)29-37-28(43-38-29)23-17-25(23)33/h5-7,9-10,20,22-27H,8,11-19H2,1-4H3,(H,36,42)/t22-,23-,24?,25+,26+,27-,31?/m1/s1. The largest absolute Gasteiger partial charge is 0.339 e. The van der Waals surface area contributed by atoms with Gasteiger partial charge < -0.3 is 14.7 Å². The molecular formula is C32H45F3N6O2. The molecule has 0 bridgehead atoms. The number of rotatable bonds is 7. The molecule has 11 heteroatoms. The van der Waals surface area contributed by atoms with Crippen LogP contribution in [0.1, 0.15) is 88.4 Å². The molecular weight excluding hydrogens is 557 g/mol. The molecule has 236 valence electrons. The van der Waals surface area contributed by atoms with Crippen LogP contribution in [0.25, 0.3) is 0 Å². The minimum absolute atomic E-state index is 0.201. The highest BCUT2D eigenvalue weighted by Gasteiger charge is 2.52. The van der Waals surface area contributed by atoms with Gasteiger partial charge in [-0.2, -0.15) is 4.98 Å². The summed E-state index contributed by atoms with van der Waals surface area (Å²) in [6, 6.07) is 8.43. The molecule has 1 N–H and O–H groups in total. The van der Waals surface area contributed by atoms with E-state index in [9.17, 15) is 9.18 Å². The number of halogens is 3. The molecule has 7 atom stereocenters. The Morgan fingerprint density at radius 3 is 2.58 bits per heavy atom. The van der Waals surface area contributed by atoms with Crippen molar-refractivity contribution in [2.45, 2.75) is 113 Å². The van der Waals surface area contributed by atoms with Crippen molar-refractivity contribution in [1.82, 2.24) is 30.2 Å². The van der Waals surface area contributed by atoms with Gasteiger partial charge in [-0.3, -0.25) is 9.80 Å². The van der Waals surface area contributed by atoms with E-state index in [1.807, 2.05) is 30.3 Å². The summed E-state index contributed by atoms with van der Waals surface area (Å²) in [5.41, 5.74) is 0.423. The first-order chi connectivity index (χ1) is 20.5. The number of nitrogens with zero attached hydrogens (tertiary/aromatic N) is 5. The van der Waals surface area contributed by atoms with E-state index in [1.54, 1.807) is 4.90 Å². The van der Waals surface area contributed by atoms with Gasteiger partial charge in [-0.25, -0.2) is 18.0 Å². The number of urea groups is 1. The topological polar surface area (TPSA) is 77.7 Å². The van der Waals surface area contributed by atoms with Crippen molar-refractivity contribution in [2.24, 2.45) is 0 Å². The van der Waals surface area contributed by atoms with Crippen molar-refractivity contribution in [3.8, 4) is 0 Å². The Balaban J connectivity index is 1.20. The van der Waals surface area contributed by atoms with Crippen molar-refractivity contribution >= 4 is 6.03 Å². The highest BCUT2D eigenvalue weighted by Crippen LogP contribution is 2.47. The second kappa shape index (κ2) is 11.7. The van der Waals surface area contributed by atoms with Gasteiger partial charge in [-0.15, -0.1) is 0 Å². The summed E-state index contributed by atoms with van der Waals surface area (Å²) in [6.45, 7) is 8.52. The van der Waals surface area contributed by atoms with E-state index < -0.39 is 35.6 Å². The first-order valence-electron chi connectivity index (χ1n) is 15.9. The third-order valence-corrected chi connectivity index (χ3v) is 10.7. The predicted molar refractivity (Wildman–Crippen MR) is 157 cm³/mol. The smallest absolute Gasteiger partial charge is 0.317 e. The van der Waals surface area contributed by atoms with E-state index >= 15 is 8.78 Å². The number of nitrogens with one attached hydrogen (secondary N) is 1. The molecule has 0 spiro atoms. The average molecular weight is 603 g/mol. The molecule has 2 unspecified atom stereocenters. The Morgan fingerprint density at radius 2 is 1.88 bits per heavy atom. The van der Waals surface area contributed by atoms with Gasteiger partial charge in [0.2, 0.25) is 5.89 Å². The van der Waals surface area contributed by atoms with Crippen LogP contribution in [-0.4, -0.2) is 100 Å². The Morgan fingerprint density at radius 1 is 1.14 bits per heavy atom. The predicted octanol–water partition coefficient (Wildman–Crippen LogP) is 5.32. The molecule has 2 saturated heterocycles. The lowest BCUT2D eigenvalue weighted by atomic mass is 9.68. The zero-order chi connectivity index (χ0) is 30.5. The lowest BCUT2D eigenvalue weighted by Gasteiger charge is -2.46. The monoisotopic (exact) mass is 602 g/mol. The molecule has 4 aliphatic rings. The molecule has 0 radical (unpaired) electrons. The average Bonchev–Trinajstić information content (AvgIpc) is 3.34. The molecule has 2 aromatic rings. The Hall–Kier alpha value is -2.66. The van der Waals surface area contributed by atoms with Gasteiger partial charge in [-0.1, -0.05) is 42.4 Å². The second-order valence-electron chi connectivity index (χ2n) is 13.7. The van der Waals surface area contributed by atoms with E-state index in [-0.39, 0.29) is 18.3 Å². The number of likely N-dealkylation sites (N-methyl/N-ethyl adjacent to an activating group) is 1. The van der Waals surface area contributed by atoms with Gasteiger partial charge >= 0.3 is 6.03 Å². The van der Waals surface area contributed by atoms with Gasteiger partial charge in [0.25, 0.3) is 5.92 Å². The summed E-state index contributed by atoms with van der Waals surface area (Å²) in [4.78, 5) is 24.6. The van der Waals surface area contributed by atoms with Crippen LogP contribution in [0, 0.1) is 0 Å². The summed E-state index contributed by atoms with van der Waals surface area (Å²) in [5, 5.41) is 7.10. The van der Waals surface area contributed by atoms with Gasteiger partial charge in [0.05, 0.1) is 5.92 Å². The molecule has 2 aliphatic carbocycles. The number of hydrogen-bond acceptors (Lipinski definition) is 6. The molecule has 43 heavy (non-hydrogen) atoms. The third-order valence-electron chi connectivity index (χ3n) is 10.7. The van der Waals surface area contributed by atoms with Gasteiger partial charge in [0, 0.05) is 62.1 Å². The molecule has 2 amide bonds. The van der Waals surface area contributed by atoms with E-state index in [1.165, 1.54) is 0 Å². The van der Waals surface area contributed by atoms with Crippen LogP contribution in [0.4, 0.5) is 18.0 Å². The first kappa shape index (κ1) is 30.4. The molecule has 2 saturated carbocycles. The number of likely N-dealkylation sites (tertiary alicyclic amines) is 2. The van der Waals surface area contributed by atoms with E-state index in [4.69, 9.17) is 4.52 Å². The van der Waals surface area contributed by atoms with Crippen molar-refractivity contribution in [1.29, 1.82) is 0 Å². The molecule has 8 nitrogen and oxygen atoms in total. The maximum absolute atomic E-state index is 15.5. The molecule has 2 aliphatic heterocycles. The lowest BCUT2D eigenvalue weighted by Crippen LogP contribution is -2.64. The minimum Gasteiger partial charge on any atom is -0.339 e. The van der Waals surface area contributed by atoms with E-state index in [0.29, 0.717) is 62.6 Å². The van der Waals surface area contributed by atoms with Crippen LogP contribution < -0.4 is 5.32 Å². The van der Waals surface area contributed by atoms with E-state index in [0.717, 1.165) is 25.1 Å². The van der Waals surface area contributed by atoms with Crippen LogP contribution in [0.2, 0.25) is 0 Å². The van der Waals surface area contributed by atoms with Gasteiger partial charge in [0.15, 0.2) is 5.82 Å². The molecule has 1 aromatic carbocycles. The van der Waals surface area contributed by atoms with E-state index in [2.05, 4.69) is 53.1 Å². The van der Waals surface area contributed by atoms with Gasteiger partial charge in [0.1, 0.15) is 12.2 Å². The van der Waals surface area contributed by atoms with Crippen LogP contribution >= 0.6 is 0 Å². The molecule has 3 heterocycles. The number of piperidine rings is 1. The Bertz CT molecular complexity index is 1280. The maximum atomic E-state index is 15.5. The fourth-order valence-corrected chi connectivity index (χ4v) is 7.50. The number of hydrogen-bond donors (Lipinski definition) is 1. The van der Waals surface area contributed by atoms with Crippen molar-refractivity contribution < 1.29 is 22.5 Å². The number of alkyl halides is 3. The lowest BCUT2D eigenvalue weighted by molar-refractivity contribution is -0.0900. The number of aromatic nitrogens is 2. The Labute approximate surface area is 252 Å². The number of amides is 2. The number of carbonyl (C=O) groups is 1. The van der Waals surface area contributed by atoms with Crippen molar-refractivity contribution in [3.05, 3.63) is 47.6 Å². The minimum atomic E-state index is -2.98. The highest BCUT2D eigenvalue weighted by molar-refractivity contribution is 5.75. The van der Waals surface area contributed by atoms with Crippen molar-refractivity contribution in [3.63, 3.8) is 0 Å². The molecule has 4 fully saturated rings. The Kier molecular flexibility index (Phi) is 8.25. The fraction of sp³-hybridized carbons (Fsp3) is 0.719. The summed E-state index contributed by atoms with van der Waals surface area (Å²) in [7, 11) is 2.10. The van der Waals surface area contributed by atoms with Crippen LogP contribution in [0.15, 0.2) is 34.9 Å². The van der Waals surface area contributed by atoms with Crippen molar-refractivity contribution in [2.75, 3.05) is 33.2 Å². The summed E-state index contributed by atoms with van der Waals surface area (Å²) >= 11 is 0. The molecule has 1 aromatic heterocycles. The summed E-state index contributed by atoms with van der Waals surface area (Å²) in [6.07, 6.45) is 1.77. The normalized spacial score (nSPS) is 34.6. The van der Waals surface area contributed by atoms with Crippen LogP contribution in [0.5, 0.6) is 0 Å². The second-order valence-corrected chi connectivity index (χ2v) is 13.7. The number of carbonyl (C=O) groups excluding carboxylic acids is 1. The summed E-state index contributed by atoms with van der Waals surface area (Å²) in [5.74, 6) is -2.70. The zero-order valence-corrected chi connectivity index (χ0v) is 25.7. The quantitative estimate of drug-likeness (QED) is 0.462. The first-order valence-corrected chi connectivity index (χ1v) is 15.9. The maximum Gasteiger partial charge on any atom is 0.317 e. The highest BCUT2D eigenvalue weighted by atomic mass is 19.3. The number of benzene rings is 1. The van der Waals surface area contributed by atoms with Crippen LogP contribution in [0.3, 0.4) is 0 Å². The third kappa shape index (κ3) is 5.91. The van der Waals surface area contributed by atoms with Crippen LogP contribution in [-0.2, 0) is 5.41 Å².